The molecule has 0 saturated heterocycles. The van der Waals surface area contributed by atoms with Crippen LogP contribution >= 0.6 is 12.6 Å². The monoisotopic (exact) mass is 304 g/mol. The Morgan fingerprint density at radius 2 is 1.32 bits per heavy atom. The van der Waals surface area contributed by atoms with Crippen molar-refractivity contribution in [2.45, 2.75) is 69.7 Å². The van der Waals surface area contributed by atoms with Gasteiger partial charge in [-0.25, -0.2) is 0 Å². The molecule has 0 saturated carbocycles. The highest BCUT2D eigenvalue weighted by Gasteiger charge is 2.04. The summed E-state index contributed by atoms with van der Waals surface area (Å²) in [6.07, 6.45) is 0.468. The number of aliphatic hydroxyl groups excluding tert-OH is 1. The van der Waals surface area contributed by atoms with E-state index >= 15 is 0 Å². The lowest BCUT2D eigenvalue weighted by Gasteiger charge is -2.03. The van der Waals surface area contributed by atoms with E-state index in [2.05, 4.69) is 12.6 Å². The Morgan fingerprint density at radius 3 is 1.32 bits per heavy atom. The third-order valence-electron chi connectivity index (χ3n) is 1.10. The number of carbonyl (C=O) groups is 2. The van der Waals surface area contributed by atoms with Gasteiger partial charge in [-0.2, -0.15) is 12.6 Å². The maximum atomic E-state index is 9.66. The van der Waals surface area contributed by atoms with Gasteiger partial charge in [0.2, 0.25) is 0 Å². The average Bonchev–Trinajstić information content (AvgIpc) is 2.16. The molecule has 19 heavy (non-hydrogen) atoms. The molecule has 5 nitrogen and oxygen atoms in total. The van der Waals surface area contributed by atoms with Crippen molar-refractivity contribution in [1.29, 1.82) is 0 Å². The maximum Gasteiger partial charge on any atom is 0.139 e. The quantitative estimate of drug-likeness (QED) is 0.470. The van der Waals surface area contributed by atoms with E-state index in [4.69, 9.17) is 16.6 Å². The first kappa shape index (κ1) is 51.3. The van der Waals surface area contributed by atoms with Gasteiger partial charge in [-0.05, 0) is 6.92 Å². The minimum Gasteiger partial charge on any atom is -0.391 e. The van der Waals surface area contributed by atoms with Crippen molar-refractivity contribution in [3.63, 3.8) is 0 Å². The van der Waals surface area contributed by atoms with Crippen LogP contribution in [0.3, 0.4) is 0 Å². The molecule has 0 aliphatic heterocycles. The third-order valence-corrected chi connectivity index (χ3v) is 1.52. The summed E-state index contributed by atoms with van der Waals surface area (Å²) in [5.74, 6) is 0.434. The number of aliphatic hydroxyl groups is 1. The zero-order valence-corrected chi connectivity index (χ0v) is 8.35. The second-order valence-corrected chi connectivity index (χ2v) is 2.80. The Hall–Kier alpha value is -0.430. The van der Waals surface area contributed by atoms with Gasteiger partial charge in [0, 0.05) is 5.75 Å². The predicted molar refractivity (Wildman–Crippen MR) is 94.0 cm³/mol. The first-order valence-corrected chi connectivity index (χ1v) is 4.33. The molecule has 0 amide bonds. The zero-order chi connectivity index (χ0) is 10.9. The summed E-state index contributed by atoms with van der Waals surface area (Å²) in [6, 6.07) is -1.10. The fourth-order valence-electron chi connectivity index (χ4n) is 0.157. The molecule has 0 aromatic rings. The Kier molecular flexibility index (Phi) is 97.3. The smallest absolute Gasteiger partial charge is 0.139 e. The van der Waals surface area contributed by atoms with Crippen LogP contribution in [0.5, 0.6) is 0 Å². The Morgan fingerprint density at radius 1 is 1.00 bits per heavy atom. The van der Waals surface area contributed by atoms with Crippen LogP contribution in [0.1, 0.15) is 51.5 Å². The van der Waals surface area contributed by atoms with E-state index in [9.17, 15) is 9.59 Å². The van der Waals surface area contributed by atoms with Crippen molar-refractivity contribution < 1.29 is 14.7 Å². The number of rotatable bonds is 4. The molecule has 0 aromatic heterocycles. The second kappa shape index (κ2) is 36.0. The fraction of sp³-hybridized carbons (Fsp3) is 0.846. The van der Waals surface area contributed by atoms with Crippen molar-refractivity contribution in [2.24, 2.45) is 11.5 Å². The predicted octanol–water partition coefficient (Wildman–Crippen LogP) is 2.15. The highest BCUT2D eigenvalue weighted by Crippen LogP contribution is 1.80. The zero-order valence-electron chi connectivity index (χ0n) is 7.46. The summed E-state index contributed by atoms with van der Waals surface area (Å²) in [7, 11) is 0. The molecule has 0 aliphatic carbocycles. The Bertz CT molecular complexity index is 148. The largest absolute Gasteiger partial charge is 0.391 e. The standard InChI is InChI=1S/C4H9NO2.C3H7NOS.6CH4/c1-3(7)4(5)2-6;4-3(1-5)2-6;;;;;;/h2-4,7H,5H2,1H3;1,3,6H,2,4H2;6*1H4/t3-,4-;3-;;;;;;/m00....../s1. The van der Waals surface area contributed by atoms with Gasteiger partial charge in [0.1, 0.15) is 12.6 Å². The van der Waals surface area contributed by atoms with Gasteiger partial charge >= 0.3 is 0 Å². The highest BCUT2D eigenvalue weighted by molar-refractivity contribution is 7.80. The molecule has 0 fully saturated rings. The number of hydrogen-bond donors (Lipinski definition) is 4. The molecule has 0 aromatic carbocycles. The third kappa shape index (κ3) is 46.5. The molecule has 0 rings (SSSR count). The van der Waals surface area contributed by atoms with Crippen LogP contribution in [0.2, 0.25) is 0 Å². The van der Waals surface area contributed by atoms with Crippen molar-refractivity contribution >= 4 is 25.2 Å². The van der Waals surface area contributed by atoms with Crippen molar-refractivity contribution in [1.82, 2.24) is 0 Å². The van der Waals surface area contributed by atoms with Gasteiger partial charge < -0.3 is 26.2 Å². The second-order valence-electron chi connectivity index (χ2n) is 2.44. The average molecular weight is 305 g/mol. The van der Waals surface area contributed by atoms with E-state index in [1.165, 1.54) is 6.92 Å². The summed E-state index contributed by atoms with van der Waals surface area (Å²) in [5.41, 5.74) is 10.0. The SMILES string of the molecule is C.C.C.C.C.C.C[C@H](O)[C@@H](N)C=O.N[C@@H](C=O)CS. The van der Waals surface area contributed by atoms with Crippen molar-refractivity contribution in [3.8, 4) is 0 Å². The van der Waals surface area contributed by atoms with E-state index in [-0.39, 0.29) is 50.6 Å². The summed E-state index contributed by atoms with van der Waals surface area (Å²) in [6.45, 7) is 1.47. The summed E-state index contributed by atoms with van der Waals surface area (Å²) >= 11 is 3.74. The molecule has 0 unspecified atom stereocenters. The van der Waals surface area contributed by atoms with E-state index in [0.717, 1.165) is 0 Å². The van der Waals surface area contributed by atoms with Crippen LogP contribution in [-0.4, -0.2) is 41.6 Å². The summed E-state index contributed by atoms with van der Waals surface area (Å²) in [5, 5.41) is 8.46. The first-order valence-electron chi connectivity index (χ1n) is 3.70. The van der Waals surface area contributed by atoms with Gasteiger partial charge in [0.25, 0.3) is 0 Å². The topological polar surface area (TPSA) is 106 Å². The van der Waals surface area contributed by atoms with Crippen LogP contribution in [0.15, 0.2) is 0 Å². The molecule has 126 valence electrons. The lowest BCUT2D eigenvalue weighted by atomic mass is 10.2. The number of aldehydes is 2. The molecule has 0 spiro atoms. The lowest BCUT2D eigenvalue weighted by Crippen LogP contribution is -2.33. The molecule has 5 N–H and O–H groups in total. The summed E-state index contributed by atoms with van der Waals surface area (Å²) in [4.78, 5) is 19.2. The molecule has 0 heterocycles. The van der Waals surface area contributed by atoms with Crippen LogP contribution < -0.4 is 11.5 Å². The number of hydrogen-bond acceptors (Lipinski definition) is 6. The normalized spacial score (nSPS) is 11.0. The lowest BCUT2D eigenvalue weighted by molar-refractivity contribution is -0.110. The molecule has 3 atom stereocenters. The molecule has 6 heteroatoms. The van der Waals surface area contributed by atoms with E-state index in [1.54, 1.807) is 0 Å². The molecular weight excluding hydrogens is 264 g/mol. The van der Waals surface area contributed by atoms with E-state index < -0.39 is 12.1 Å². The number of carbonyl (C=O) groups excluding carboxylic acids is 2. The van der Waals surface area contributed by atoms with Gasteiger partial charge in [-0.1, -0.05) is 44.6 Å². The van der Waals surface area contributed by atoms with E-state index in [0.29, 0.717) is 18.3 Å². The minimum atomic E-state index is -0.725. The molecule has 0 aliphatic rings. The van der Waals surface area contributed by atoms with Crippen LogP contribution in [0, 0.1) is 0 Å². The van der Waals surface area contributed by atoms with Crippen molar-refractivity contribution in [2.75, 3.05) is 5.75 Å². The molecular formula is C13H40N2O3S. The Labute approximate surface area is 127 Å². The number of nitrogens with two attached hydrogens (primary N) is 2. The van der Waals surface area contributed by atoms with Gasteiger partial charge in [0.05, 0.1) is 18.2 Å². The van der Waals surface area contributed by atoms with Gasteiger partial charge in [-0.15, -0.1) is 0 Å². The summed E-state index contributed by atoms with van der Waals surface area (Å²) < 4.78 is 0. The van der Waals surface area contributed by atoms with Crippen LogP contribution in [0.4, 0.5) is 0 Å². The number of thiol groups is 1. The highest BCUT2D eigenvalue weighted by atomic mass is 32.1. The Balaban J connectivity index is -0.0000000162. The molecule has 0 bridgehead atoms. The first-order chi connectivity index (χ1) is 5.99. The van der Waals surface area contributed by atoms with Gasteiger partial charge in [0.15, 0.2) is 0 Å². The van der Waals surface area contributed by atoms with Crippen molar-refractivity contribution in [3.05, 3.63) is 0 Å². The van der Waals surface area contributed by atoms with Crippen LogP contribution in [0.25, 0.3) is 0 Å². The van der Waals surface area contributed by atoms with Gasteiger partial charge in [-0.3, -0.25) is 0 Å². The van der Waals surface area contributed by atoms with E-state index in [1.807, 2.05) is 0 Å². The maximum absolute atomic E-state index is 9.66. The minimum absolute atomic E-state index is 0. The fourth-order valence-corrected chi connectivity index (χ4v) is 0.243. The van der Waals surface area contributed by atoms with Crippen LogP contribution in [-0.2, 0) is 9.59 Å². The molecule has 0 radical (unpaired) electrons.